The van der Waals surface area contributed by atoms with Gasteiger partial charge in [0, 0.05) is 16.5 Å². The lowest BCUT2D eigenvalue weighted by atomic mass is 9.97. The van der Waals surface area contributed by atoms with Gasteiger partial charge < -0.3 is 9.30 Å². The van der Waals surface area contributed by atoms with Crippen LogP contribution < -0.4 is 25.5 Å². The zero-order valence-corrected chi connectivity index (χ0v) is 29.9. The molecule has 53 heavy (non-hydrogen) atoms. The van der Waals surface area contributed by atoms with E-state index in [2.05, 4.69) is 205 Å². The van der Waals surface area contributed by atoms with Crippen molar-refractivity contribution in [3.63, 3.8) is 0 Å². The average Bonchev–Trinajstić information content (AvgIpc) is 3.57. The smallest absolute Gasteiger partial charge is 0.188 e. The molecule has 2 heterocycles. The molecular weight excluding hydrogens is 659 g/mol. The van der Waals surface area contributed by atoms with Crippen LogP contribution in [0.1, 0.15) is 0 Å². The summed E-state index contributed by atoms with van der Waals surface area (Å²) >= 11 is 0. The molecule has 1 atom stereocenters. The largest absolute Gasteiger partial charge is 0.458 e. The number of aromatic nitrogens is 1. The first-order valence-electron chi connectivity index (χ1n) is 18.3. The monoisotopic (exact) mass is 691 g/mol. The molecule has 1 aromatic heterocycles. The highest BCUT2D eigenvalue weighted by molar-refractivity contribution is 7.20. The minimum Gasteiger partial charge on any atom is -0.458 e. The van der Waals surface area contributed by atoms with Crippen LogP contribution in [-0.4, -0.2) is 12.6 Å². The second-order valence-corrected chi connectivity index (χ2v) is 17.8. The van der Waals surface area contributed by atoms with Crippen molar-refractivity contribution < 1.29 is 4.74 Å². The van der Waals surface area contributed by atoms with E-state index in [0.717, 1.165) is 22.7 Å². The van der Waals surface area contributed by atoms with Crippen molar-refractivity contribution in [1.82, 2.24) is 4.57 Å². The molecule has 2 nitrogen and oxygen atoms in total. The van der Waals surface area contributed by atoms with E-state index in [4.69, 9.17) is 4.74 Å². The summed E-state index contributed by atoms with van der Waals surface area (Å²) < 4.78 is 9.29. The molecule has 0 N–H and O–H groups in total. The van der Waals surface area contributed by atoms with Crippen molar-refractivity contribution in [2.24, 2.45) is 0 Å². The Kier molecular flexibility index (Phi) is 6.61. The van der Waals surface area contributed by atoms with Gasteiger partial charge in [0.25, 0.3) is 0 Å². The zero-order valence-electron chi connectivity index (χ0n) is 28.9. The Morgan fingerprint density at radius 2 is 0.925 bits per heavy atom. The van der Waals surface area contributed by atoms with Crippen LogP contribution in [0, 0.1) is 0 Å². The third kappa shape index (κ3) is 4.44. The van der Waals surface area contributed by atoms with Crippen molar-refractivity contribution in [2.75, 3.05) is 0 Å². The average molecular weight is 692 g/mol. The molecule has 11 rings (SSSR count). The summed E-state index contributed by atoms with van der Waals surface area (Å²) in [5, 5.41) is 12.8. The number of ether oxygens (including phenoxy) is 1. The van der Waals surface area contributed by atoms with Gasteiger partial charge in [0.1, 0.15) is 11.5 Å². The first kappa shape index (κ1) is 30.0. The standard InChI is InChI=1S/C50H33NOSi/c1-2-13-39(14-3-1)53(40-28-26-38(27-29-40)51-45-18-8-6-16-43(45)44-17-7-9-19-46(44)51)49-21-11-10-20-47(49)52-48-33-36(25-31-50(48)53)35-24-30-42-37(32-35)23-22-34-12-4-5-15-41(34)42/h1-33H. The van der Waals surface area contributed by atoms with Gasteiger partial charge in [-0.25, -0.2) is 0 Å². The topological polar surface area (TPSA) is 14.2 Å². The summed E-state index contributed by atoms with van der Waals surface area (Å²) in [5.74, 6) is 1.87. The van der Waals surface area contributed by atoms with Crippen LogP contribution in [-0.2, 0) is 0 Å². The number of para-hydroxylation sites is 3. The minimum absolute atomic E-state index is 0.932. The van der Waals surface area contributed by atoms with Crippen molar-refractivity contribution in [3.8, 4) is 28.3 Å². The summed E-state index contributed by atoms with van der Waals surface area (Å²) in [4.78, 5) is 0. The van der Waals surface area contributed by atoms with E-state index in [1.165, 1.54) is 69.7 Å². The normalized spacial score (nSPS) is 15.0. The van der Waals surface area contributed by atoms with Gasteiger partial charge in [0.2, 0.25) is 0 Å². The van der Waals surface area contributed by atoms with E-state index >= 15 is 0 Å². The summed E-state index contributed by atoms with van der Waals surface area (Å²) in [6.07, 6.45) is 0. The van der Waals surface area contributed by atoms with Crippen LogP contribution in [0.25, 0.3) is 60.2 Å². The van der Waals surface area contributed by atoms with Crippen LogP contribution in [0.3, 0.4) is 0 Å². The minimum atomic E-state index is -2.82. The van der Waals surface area contributed by atoms with Gasteiger partial charge in [-0.15, -0.1) is 0 Å². The number of hydrogen-bond acceptors (Lipinski definition) is 1. The fourth-order valence-electron chi connectivity index (χ4n) is 8.96. The van der Waals surface area contributed by atoms with E-state index in [-0.39, 0.29) is 0 Å². The number of fused-ring (bicyclic) bond motifs is 8. The van der Waals surface area contributed by atoms with Gasteiger partial charge >= 0.3 is 0 Å². The molecule has 0 saturated carbocycles. The van der Waals surface area contributed by atoms with Gasteiger partial charge in [0.15, 0.2) is 8.07 Å². The highest BCUT2D eigenvalue weighted by atomic mass is 28.3. The van der Waals surface area contributed by atoms with Gasteiger partial charge in [0.05, 0.1) is 11.0 Å². The van der Waals surface area contributed by atoms with Crippen LogP contribution >= 0.6 is 0 Å². The Labute approximate surface area is 308 Å². The molecule has 1 aliphatic rings. The van der Waals surface area contributed by atoms with Gasteiger partial charge in [-0.3, -0.25) is 0 Å². The molecule has 0 saturated heterocycles. The molecule has 0 amide bonds. The number of rotatable bonds is 4. The number of nitrogens with zero attached hydrogens (tertiary/aromatic N) is 1. The molecule has 0 bridgehead atoms. The fraction of sp³-hybridized carbons (Fsp3) is 0. The lowest BCUT2D eigenvalue weighted by Crippen LogP contribution is -2.76. The highest BCUT2D eigenvalue weighted by Gasteiger charge is 2.48. The lowest BCUT2D eigenvalue weighted by Gasteiger charge is -2.39. The molecule has 248 valence electrons. The zero-order chi connectivity index (χ0) is 34.9. The predicted octanol–water partition coefficient (Wildman–Crippen LogP) is 10.2. The van der Waals surface area contributed by atoms with Crippen molar-refractivity contribution in [1.29, 1.82) is 0 Å². The van der Waals surface area contributed by atoms with E-state index in [1.807, 2.05) is 0 Å². The lowest BCUT2D eigenvalue weighted by molar-refractivity contribution is 0.487. The highest BCUT2D eigenvalue weighted by Crippen LogP contribution is 2.36. The Balaban J connectivity index is 1.11. The summed E-state index contributed by atoms with van der Waals surface area (Å²) in [7, 11) is -2.82. The van der Waals surface area contributed by atoms with Crippen LogP contribution in [0.15, 0.2) is 200 Å². The maximum Gasteiger partial charge on any atom is 0.188 e. The van der Waals surface area contributed by atoms with Crippen molar-refractivity contribution in [2.45, 2.75) is 0 Å². The predicted molar refractivity (Wildman–Crippen MR) is 225 cm³/mol. The summed E-state index contributed by atoms with van der Waals surface area (Å²) in [6, 6.07) is 73.5. The van der Waals surface area contributed by atoms with Crippen LogP contribution in [0.4, 0.5) is 0 Å². The van der Waals surface area contributed by atoms with Crippen molar-refractivity contribution in [3.05, 3.63) is 200 Å². The Morgan fingerprint density at radius 1 is 0.358 bits per heavy atom. The maximum absolute atomic E-state index is 6.89. The number of hydrogen-bond donors (Lipinski definition) is 0. The third-order valence-electron chi connectivity index (χ3n) is 11.3. The second-order valence-electron chi connectivity index (χ2n) is 14.1. The molecule has 0 radical (unpaired) electrons. The second kappa shape index (κ2) is 11.7. The van der Waals surface area contributed by atoms with Crippen molar-refractivity contribution >= 4 is 72.2 Å². The quantitative estimate of drug-likeness (QED) is 0.132. The molecule has 0 aliphatic carbocycles. The van der Waals surface area contributed by atoms with Crippen LogP contribution in [0.2, 0.25) is 0 Å². The van der Waals surface area contributed by atoms with E-state index in [9.17, 15) is 0 Å². The Hall–Kier alpha value is -6.68. The molecule has 9 aromatic carbocycles. The third-order valence-corrected chi connectivity index (χ3v) is 16.2. The molecule has 0 fully saturated rings. The fourth-order valence-corrected chi connectivity index (χ4v) is 13.9. The van der Waals surface area contributed by atoms with Crippen LogP contribution in [0.5, 0.6) is 11.5 Å². The Bertz CT molecular complexity index is 2980. The molecule has 3 heteroatoms. The maximum atomic E-state index is 6.89. The first-order valence-corrected chi connectivity index (χ1v) is 20.3. The molecule has 1 aliphatic heterocycles. The van der Waals surface area contributed by atoms with Gasteiger partial charge in [-0.1, -0.05) is 158 Å². The molecule has 0 spiro atoms. The van der Waals surface area contributed by atoms with Gasteiger partial charge in [-0.2, -0.15) is 0 Å². The molecular formula is C50H33NOSi. The summed E-state index contributed by atoms with van der Waals surface area (Å²) in [5.41, 5.74) is 5.92. The first-order chi connectivity index (χ1) is 26.3. The van der Waals surface area contributed by atoms with Gasteiger partial charge in [-0.05, 0) is 95.9 Å². The van der Waals surface area contributed by atoms with E-state index in [1.54, 1.807) is 0 Å². The molecule has 1 unspecified atom stereocenters. The number of benzene rings is 9. The van der Waals surface area contributed by atoms with E-state index < -0.39 is 8.07 Å². The summed E-state index contributed by atoms with van der Waals surface area (Å²) in [6.45, 7) is 0. The Morgan fingerprint density at radius 3 is 1.72 bits per heavy atom. The molecule has 10 aromatic rings. The van der Waals surface area contributed by atoms with E-state index in [0.29, 0.717) is 0 Å². The SMILES string of the molecule is c1ccc([Si]2(c3ccc(-n4c5ccccc5c5ccccc54)cc3)c3ccccc3Oc3cc(-c4ccc5c(ccc6ccccc65)c4)ccc32)cc1.